The second kappa shape index (κ2) is 4.78. The number of aliphatic hydroxyl groups is 1. The van der Waals surface area contributed by atoms with E-state index in [2.05, 4.69) is 15.0 Å². The van der Waals surface area contributed by atoms with E-state index in [0.717, 1.165) is 11.1 Å². The van der Waals surface area contributed by atoms with Crippen molar-refractivity contribution in [3.63, 3.8) is 0 Å². The van der Waals surface area contributed by atoms with Crippen LogP contribution in [0.1, 0.15) is 11.1 Å². The molecular weight excluding hydrogens is 258 g/mol. The first-order valence-electron chi connectivity index (χ1n) is 6.07. The summed E-state index contributed by atoms with van der Waals surface area (Å²) in [6.45, 7) is 0.301. The molecule has 20 heavy (non-hydrogen) atoms. The van der Waals surface area contributed by atoms with Gasteiger partial charge < -0.3 is 15.8 Å². The number of hydrogen-bond acceptors (Lipinski definition) is 5. The Hall–Kier alpha value is -2.67. The number of imidazole rings is 1. The molecule has 102 valence electrons. The summed E-state index contributed by atoms with van der Waals surface area (Å²) in [7, 11) is 0. The maximum absolute atomic E-state index is 12.3. The topological polar surface area (TPSA) is 110 Å². The van der Waals surface area contributed by atoms with Crippen LogP contribution < -0.4 is 11.3 Å². The Morgan fingerprint density at radius 2 is 1.95 bits per heavy atom. The van der Waals surface area contributed by atoms with Crippen molar-refractivity contribution >= 4 is 17.1 Å². The van der Waals surface area contributed by atoms with Crippen LogP contribution in [0.2, 0.25) is 0 Å². The Bertz CT molecular complexity index is 804. The Labute approximate surface area is 113 Å². The number of anilines is 1. The number of nitrogens with one attached hydrogen (secondary N) is 1. The fourth-order valence-corrected chi connectivity index (χ4v) is 2.02. The van der Waals surface area contributed by atoms with Gasteiger partial charge in [0.25, 0.3) is 5.56 Å². The summed E-state index contributed by atoms with van der Waals surface area (Å²) in [6, 6.07) is 7.28. The molecule has 0 saturated heterocycles. The van der Waals surface area contributed by atoms with Crippen molar-refractivity contribution < 1.29 is 5.11 Å². The molecule has 4 N–H and O–H groups in total. The van der Waals surface area contributed by atoms with E-state index >= 15 is 0 Å². The third-order valence-electron chi connectivity index (χ3n) is 3.12. The number of nitrogen functional groups attached to an aromatic ring is 1. The summed E-state index contributed by atoms with van der Waals surface area (Å²) in [6.07, 6.45) is 1.42. The minimum Gasteiger partial charge on any atom is -0.392 e. The van der Waals surface area contributed by atoms with E-state index in [1.54, 1.807) is 12.1 Å². The Kier molecular flexibility index (Phi) is 2.96. The number of nitrogens with two attached hydrogens (primary N) is 1. The number of aliphatic hydroxyl groups excluding tert-OH is 1. The van der Waals surface area contributed by atoms with Crippen LogP contribution in [-0.4, -0.2) is 24.6 Å². The van der Waals surface area contributed by atoms with E-state index < -0.39 is 0 Å². The number of aromatic nitrogens is 4. The number of rotatable bonds is 3. The van der Waals surface area contributed by atoms with Crippen LogP contribution in [0.25, 0.3) is 11.2 Å². The lowest BCUT2D eigenvalue weighted by atomic mass is 10.1. The molecule has 0 amide bonds. The second-order valence-electron chi connectivity index (χ2n) is 4.44. The third kappa shape index (κ3) is 2.04. The van der Waals surface area contributed by atoms with Gasteiger partial charge in [0.2, 0.25) is 5.95 Å². The molecule has 0 atom stereocenters. The van der Waals surface area contributed by atoms with Gasteiger partial charge in [-0.05, 0) is 11.1 Å². The van der Waals surface area contributed by atoms with E-state index in [-0.39, 0.29) is 23.6 Å². The van der Waals surface area contributed by atoms with Gasteiger partial charge in [0.15, 0.2) is 11.2 Å². The molecule has 7 heteroatoms. The van der Waals surface area contributed by atoms with Crippen molar-refractivity contribution in [2.75, 3.05) is 5.73 Å². The summed E-state index contributed by atoms with van der Waals surface area (Å²) in [5.74, 6) is 0.137. The van der Waals surface area contributed by atoms with E-state index in [1.807, 2.05) is 12.1 Å². The zero-order valence-corrected chi connectivity index (χ0v) is 10.6. The van der Waals surface area contributed by atoms with Gasteiger partial charge in [-0.2, -0.15) is 4.98 Å². The lowest BCUT2D eigenvalue weighted by Gasteiger charge is -2.09. The molecule has 0 radical (unpaired) electrons. The van der Waals surface area contributed by atoms with Gasteiger partial charge in [-0.25, -0.2) is 4.98 Å². The van der Waals surface area contributed by atoms with E-state index in [0.29, 0.717) is 12.2 Å². The zero-order chi connectivity index (χ0) is 14.1. The number of fused-ring (bicyclic) bond motifs is 1. The highest BCUT2D eigenvalue weighted by Gasteiger charge is 2.10. The fraction of sp³-hybridized carbons (Fsp3) is 0.154. The molecule has 2 heterocycles. The number of nitrogens with zero attached hydrogens (tertiary/aromatic N) is 3. The quantitative estimate of drug-likeness (QED) is 0.632. The van der Waals surface area contributed by atoms with Crippen LogP contribution in [0.15, 0.2) is 35.4 Å². The highest BCUT2D eigenvalue weighted by molar-refractivity contribution is 5.69. The van der Waals surface area contributed by atoms with Crippen LogP contribution in [0.5, 0.6) is 0 Å². The summed E-state index contributed by atoms with van der Waals surface area (Å²) in [5, 5.41) is 9.00. The second-order valence-corrected chi connectivity index (χ2v) is 4.44. The van der Waals surface area contributed by atoms with Crippen molar-refractivity contribution in [2.24, 2.45) is 0 Å². The van der Waals surface area contributed by atoms with Crippen LogP contribution in [0.4, 0.5) is 5.95 Å². The lowest BCUT2D eigenvalue weighted by molar-refractivity contribution is 0.282. The molecule has 0 unspecified atom stereocenters. The molecule has 0 aliphatic carbocycles. The average Bonchev–Trinajstić information content (AvgIpc) is 2.92. The van der Waals surface area contributed by atoms with Crippen molar-refractivity contribution in [1.82, 2.24) is 19.5 Å². The molecule has 0 spiro atoms. The first-order chi connectivity index (χ1) is 9.69. The highest BCUT2D eigenvalue weighted by Crippen LogP contribution is 2.09. The molecule has 1 aromatic carbocycles. The molecule has 3 rings (SSSR count). The van der Waals surface area contributed by atoms with Crippen LogP contribution in [0, 0.1) is 0 Å². The van der Waals surface area contributed by atoms with E-state index in [9.17, 15) is 4.79 Å². The Balaban J connectivity index is 2.03. The molecule has 0 fully saturated rings. The third-order valence-corrected chi connectivity index (χ3v) is 3.12. The summed E-state index contributed by atoms with van der Waals surface area (Å²) >= 11 is 0. The minimum absolute atomic E-state index is 0.0108. The smallest absolute Gasteiger partial charge is 0.283 e. The largest absolute Gasteiger partial charge is 0.392 e. The van der Waals surface area contributed by atoms with E-state index in [4.69, 9.17) is 10.8 Å². The maximum atomic E-state index is 12.3. The van der Waals surface area contributed by atoms with Crippen LogP contribution in [0.3, 0.4) is 0 Å². The average molecular weight is 271 g/mol. The lowest BCUT2D eigenvalue weighted by Crippen LogP contribution is -2.25. The van der Waals surface area contributed by atoms with Crippen LogP contribution in [-0.2, 0) is 13.2 Å². The fourth-order valence-electron chi connectivity index (χ4n) is 2.02. The highest BCUT2D eigenvalue weighted by atomic mass is 16.3. The summed E-state index contributed by atoms with van der Waals surface area (Å²) in [5.41, 5.74) is 7.91. The number of H-pyrrole nitrogens is 1. The monoisotopic (exact) mass is 271 g/mol. The van der Waals surface area contributed by atoms with Crippen molar-refractivity contribution in [3.05, 3.63) is 52.1 Å². The molecule has 2 aromatic heterocycles. The van der Waals surface area contributed by atoms with E-state index in [1.165, 1.54) is 10.9 Å². The standard InChI is InChI=1S/C13H13N5O2/c14-13-17-11-10(15-7-16-11)12(20)18(13)5-8-1-3-9(6-19)4-2-8/h1-4,7,19H,5-6H2,(H2,14,17)(H,15,16). The van der Waals surface area contributed by atoms with Gasteiger partial charge in [0, 0.05) is 0 Å². The van der Waals surface area contributed by atoms with Gasteiger partial charge in [0.1, 0.15) is 0 Å². The number of hydrogen-bond donors (Lipinski definition) is 3. The minimum atomic E-state index is -0.278. The number of benzene rings is 1. The summed E-state index contributed by atoms with van der Waals surface area (Å²) < 4.78 is 1.37. The number of aromatic amines is 1. The SMILES string of the molecule is Nc1nc2[nH]cnc2c(=O)n1Cc1ccc(CO)cc1. The van der Waals surface area contributed by atoms with Gasteiger partial charge in [0.05, 0.1) is 19.5 Å². The van der Waals surface area contributed by atoms with Crippen molar-refractivity contribution in [1.29, 1.82) is 0 Å². The molecular formula is C13H13N5O2. The predicted molar refractivity (Wildman–Crippen MR) is 74.0 cm³/mol. The van der Waals surface area contributed by atoms with Crippen LogP contribution >= 0.6 is 0 Å². The first kappa shape index (κ1) is 12.4. The predicted octanol–water partition coefficient (Wildman–Crippen LogP) is 0.242. The Morgan fingerprint density at radius 3 is 2.65 bits per heavy atom. The van der Waals surface area contributed by atoms with Gasteiger partial charge in [-0.15, -0.1) is 0 Å². The molecule has 0 bridgehead atoms. The normalized spacial score (nSPS) is 11.1. The molecule has 0 aliphatic heterocycles. The van der Waals surface area contributed by atoms with Crippen molar-refractivity contribution in [2.45, 2.75) is 13.2 Å². The van der Waals surface area contributed by atoms with Gasteiger partial charge in [-0.3, -0.25) is 9.36 Å². The molecule has 7 nitrogen and oxygen atoms in total. The molecule has 0 saturated carbocycles. The van der Waals surface area contributed by atoms with Gasteiger partial charge >= 0.3 is 0 Å². The van der Waals surface area contributed by atoms with Gasteiger partial charge in [-0.1, -0.05) is 24.3 Å². The first-order valence-corrected chi connectivity index (χ1v) is 6.07. The zero-order valence-electron chi connectivity index (χ0n) is 10.6. The maximum Gasteiger partial charge on any atom is 0.283 e. The Morgan fingerprint density at radius 1 is 1.25 bits per heavy atom. The molecule has 3 aromatic rings. The molecule has 0 aliphatic rings. The summed E-state index contributed by atoms with van der Waals surface area (Å²) in [4.78, 5) is 23.1. The van der Waals surface area contributed by atoms with Crippen molar-refractivity contribution in [3.8, 4) is 0 Å².